The van der Waals surface area contributed by atoms with Crippen LogP contribution in [-0.4, -0.2) is 17.4 Å². The number of nitrogens with zero attached hydrogens (tertiary/aromatic N) is 1. The van der Waals surface area contributed by atoms with E-state index in [9.17, 15) is 9.18 Å². The molecule has 1 saturated heterocycles. The lowest BCUT2D eigenvalue weighted by molar-refractivity contribution is -0.122. The first-order valence-corrected chi connectivity index (χ1v) is 4.64. The highest BCUT2D eigenvalue weighted by atomic mass is 19.1. The van der Waals surface area contributed by atoms with Crippen LogP contribution in [0, 0.1) is 11.9 Å². The summed E-state index contributed by atoms with van der Waals surface area (Å²) in [5, 5.41) is 2.77. The molecule has 0 saturated carbocycles. The highest BCUT2D eigenvalue weighted by Gasteiger charge is 2.23. The summed E-state index contributed by atoms with van der Waals surface area (Å²) < 4.78 is 12.5. The van der Waals surface area contributed by atoms with Gasteiger partial charge in [-0.25, -0.2) is 4.98 Å². The third-order valence-electron chi connectivity index (χ3n) is 2.43. The van der Waals surface area contributed by atoms with Crippen LogP contribution in [0.4, 0.5) is 4.39 Å². The minimum Gasteiger partial charge on any atom is -0.356 e. The Balaban J connectivity index is 2.03. The summed E-state index contributed by atoms with van der Waals surface area (Å²) >= 11 is 0. The third-order valence-corrected chi connectivity index (χ3v) is 2.43. The van der Waals surface area contributed by atoms with Gasteiger partial charge in [-0.15, -0.1) is 0 Å². The van der Waals surface area contributed by atoms with Crippen LogP contribution in [0.2, 0.25) is 0 Å². The molecule has 1 N–H and O–H groups in total. The van der Waals surface area contributed by atoms with E-state index in [-0.39, 0.29) is 11.8 Å². The second-order valence-electron chi connectivity index (χ2n) is 3.47. The van der Waals surface area contributed by atoms with E-state index < -0.39 is 5.95 Å². The first kappa shape index (κ1) is 9.12. The van der Waals surface area contributed by atoms with Crippen LogP contribution >= 0.6 is 0 Å². The average molecular weight is 194 g/mol. The van der Waals surface area contributed by atoms with Gasteiger partial charge in [-0.05, 0) is 24.5 Å². The lowest BCUT2D eigenvalue weighted by Gasteiger charge is -2.05. The molecule has 1 aliphatic rings. The molecule has 1 aromatic heterocycles. The van der Waals surface area contributed by atoms with E-state index >= 15 is 0 Å². The molecule has 1 aliphatic heterocycles. The van der Waals surface area contributed by atoms with Crippen molar-refractivity contribution in [1.82, 2.24) is 10.3 Å². The molecule has 2 heterocycles. The summed E-state index contributed by atoms with van der Waals surface area (Å²) in [6.45, 7) is 0.748. The van der Waals surface area contributed by atoms with Crippen LogP contribution in [0.3, 0.4) is 0 Å². The van der Waals surface area contributed by atoms with Crippen molar-refractivity contribution in [3.05, 3.63) is 29.8 Å². The van der Waals surface area contributed by atoms with Gasteiger partial charge in [-0.3, -0.25) is 4.79 Å². The molecule has 0 aliphatic carbocycles. The molecule has 0 aromatic carbocycles. The van der Waals surface area contributed by atoms with Crippen LogP contribution in [0.1, 0.15) is 12.0 Å². The number of carbonyl (C=O) groups is 1. The number of pyridine rings is 1. The van der Waals surface area contributed by atoms with E-state index in [1.807, 2.05) is 0 Å². The predicted octanol–water partition coefficient (Wildman–Crippen LogP) is 0.899. The van der Waals surface area contributed by atoms with Crippen LogP contribution in [0.15, 0.2) is 18.3 Å². The van der Waals surface area contributed by atoms with E-state index in [0.29, 0.717) is 6.42 Å². The molecule has 0 spiro atoms. The lowest BCUT2D eigenvalue weighted by atomic mass is 9.99. The molecule has 1 amide bonds. The summed E-state index contributed by atoms with van der Waals surface area (Å²) in [4.78, 5) is 14.8. The Hall–Kier alpha value is -1.45. The standard InChI is InChI=1S/C10H11FN2O/c11-9-2-1-7(6-13-9)5-8-3-4-12-10(8)14/h1-2,6,8H,3-5H2,(H,12,14)/t8-/m0/s1. The molecular formula is C10H11FN2O. The van der Waals surface area contributed by atoms with Crippen molar-refractivity contribution >= 4 is 5.91 Å². The number of carbonyl (C=O) groups excluding carboxylic acids is 1. The van der Waals surface area contributed by atoms with Crippen molar-refractivity contribution in [3.63, 3.8) is 0 Å². The van der Waals surface area contributed by atoms with Crippen LogP contribution < -0.4 is 5.32 Å². The molecule has 74 valence electrons. The van der Waals surface area contributed by atoms with Gasteiger partial charge in [-0.2, -0.15) is 4.39 Å². The summed E-state index contributed by atoms with van der Waals surface area (Å²) in [6, 6.07) is 3.00. The fourth-order valence-corrected chi connectivity index (χ4v) is 1.65. The zero-order valence-electron chi connectivity index (χ0n) is 7.66. The summed E-state index contributed by atoms with van der Waals surface area (Å²) in [5.41, 5.74) is 0.911. The number of halogens is 1. The van der Waals surface area contributed by atoms with Gasteiger partial charge >= 0.3 is 0 Å². The second kappa shape index (κ2) is 3.74. The van der Waals surface area contributed by atoms with Crippen molar-refractivity contribution in [2.24, 2.45) is 5.92 Å². The third kappa shape index (κ3) is 1.89. The Labute approximate surface area is 81.3 Å². The molecule has 0 unspecified atom stereocenters. The minimum absolute atomic E-state index is 0.0299. The van der Waals surface area contributed by atoms with Crippen molar-refractivity contribution < 1.29 is 9.18 Å². The van der Waals surface area contributed by atoms with Gasteiger partial charge in [0.15, 0.2) is 0 Å². The van der Waals surface area contributed by atoms with Gasteiger partial charge < -0.3 is 5.32 Å². The maximum atomic E-state index is 12.5. The molecule has 14 heavy (non-hydrogen) atoms. The average Bonchev–Trinajstić information content (AvgIpc) is 2.56. The van der Waals surface area contributed by atoms with E-state index in [0.717, 1.165) is 18.5 Å². The van der Waals surface area contributed by atoms with Crippen molar-refractivity contribution in [2.75, 3.05) is 6.54 Å². The molecule has 1 fully saturated rings. The number of aromatic nitrogens is 1. The Bertz CT molecular complexity index is 336. The largest absolute Gasteiger partial charge is 0.356 e. The van der Waals surface area contributed by atoms with Gasteiger partial charge in [0.1, 0.15) is 0 Å². The quantitative estimate of drug-likeness (QED) is 0.711. The van der Waals surface area contributed by atoms with Crippen molar-refractivity contribution in [3.8, 4) is 0 Å². The topological polar surface area (TPSA) is 42.0 Å². The van der Waals surface area contributed by atoms with E-state index in [2.05, 4.69) is 10.3 Å². The normalized spacial score (nSPS) is 20.9. The fraction of sp³-hybridized carbons (Fsp3) is 0.400. The van der Waals surface area contributed by atoms with Crippen LogP contribution in [0.5, 0.6) is 0 Å². The molecule has 3 nitrogen and oxygen atoms in total. The van der Waals surface area contributed by atoms with E-state index in [4.69, 9.17) is 0 Å². The van der Waals surface area contributed by atoms with Gasteiger partial charge in [-0.1, -0.05) is 6.07 Å². The lowest BCUT2D eigenvalue weighted by Crippen LogP contribution is -2.20. The van der Waals surface area contributed by atoms with Crippen LogP contribution in [-0.2, 0) is 11.2 Å². The van der Waals surface area contributed by atoms with E-state index in [1.165, 1.54) is 12.3 Å². The number of rotatable bonds is 2. The highest BCUT2D eigenvalue weighted by Crippen LogP contribution is 2.15. The van der Waals surface area contributed by atoms with Gasteiger partial charge in [0, 0.05) is 18.7 Å². The number of nitrogens with one attached hydrogen (secondary N) is 1. The predicted molar refractivity (Wildman–Crippen MR) is 49.0 cm³/mol. The second-order valence-corrected chi connectivity index (χ2v) is 3.47. The smallest absolute Gasteiger partial charge is 0.223 e. The van der Waals surface area contributed by atoms with Crippen molar-refractivity contribution in [1.29, 1.82) is 0 Å². The Morgan fingerprint density at radius 3 is 3.00 bits per heavy atom. The SMILES string of the molecule is O=C1NCC[C@H]1Cc1ccc(F)nc1. The Morgan fingerprint density at radius 1 is 1.57 bits per heavy atom. The molecular weight excluding hydrogens is 183 g/mol. The molecule has 1 aromatic rings. The maximum Gasteiger partial charge on any atom is 0.223 e. The molecule has 2 rings (SSSR count). The first-order chi connectivity index (χ1) is 6.75. The molecule has 1 atom stereocenters. The summed E-state index contributed by atoms with van der Waals surface area (Å²) in [5.74, 6) is -0.360. The molecule has 0 radical (unpaired) electrons. The summed E-state index contributed by atoms with van der Waals surface area (Å²) in [6.07, 6.45) is 3.00. The van der Waals surface area contributed by atoms with Crippen molar-refractivity contribution in [2.45, 2.75) is 12.8 Å². The van der Waals surface area contributed by atoms with Gasteiger partial charge in [0.2, 0.25) is 11.9 Å². The minimum atomic E-state index is -0.482. The highest BCUT2D eigenvalue weighted by molar-refractivity contribution is 5.80. The number of hydrogen-bond donors (Lipinski definition) is 1. The maximum absolute atomic E-state index is 12.5. The number of amides is 1. The van der Waals surface area contributed by atoms with Gasteiger partial charge in [0.25, 0.3) is 0 Å². The molecule has 0 bridgehead atoms. The number of hydrogen-bond acceptors (Lipinski definition) is 2. The van der Waals surface area contributed by atoms with Gasteiger partial charge in [0.05, 0.1) is 0 Å². The zero-order chi connectivity index (χ0) is 9.97. The Kier molecular flexibility index (Phi) is 2.43. The zero-order valence-corrected chi connectivity index (χ0v) is 7.66. The first-order valence-electron chi connectivity index (χ1n) is 4.64. The Morgan fingerprint density at radius 2 is 2.43 bits per heavy atom. The molecule has 4 heteroatoms. The van der Waals surface area contributed by atoms with E-state index in [1.54, 1.807) is 6.07 Å². The van der Waals surface area contributed by atoms with Crippen LogP contribution in [0.25, 0.3) is 0 Å². The summed E-state index contributed by atoms with van der Waals surface area (Å²) in [7, 11) is 0. The fourth-order valence-electron chi connectivity index (χ4n) is 1.65. The monoisotopic (exact) mass is 194 g/mol.